The molecule has 0 aliphatic carbocycles. The van der Waals surface area contributed by atoms with Crippen LogP contribution in [0.25, 0.3) is 0 Å². The van der Waals surface area contributed by atoms with Gasteiger partial charge in [0.1, 0.15) is 5.75 Å². The molecule has 1 amide bonds. The van der Waals surface area contributed by atoms with E-state index in [-0.39, 0.29) is 32.1 Å². The Hall–Kier alpha value is -1.67. The van der Waals surface area contributed by atoms with Crippen molar-refractivity contribution >= 4 is 62.1 Å². The molecule has 0 heterocycles. The van der Waals surface area contributed by atoms with E-state index in [0.29, 0.717) is 5.69 Å². The molecule has 2 rings (SSSR count). The first-order chi connectivity index (χ1) is 12.0. The normalized spacial score (nSPS) is 11.2. The molecular weight excluding hydrogens is 423 g/mol. The first kappa shape index (κ1) is 20.6. The Labute approximate surface area is 166 Å². The number of ether oxygens (including phenoxy) is 1. The van der Waals surface area contributed by atoms with Gasteiger partial charge in [0.25, 0.3) is 5.91 Å². The average Bonchev–Trinajstić information content (AvgIpc) is 2.57. The van der Waals surface area contributed by atoms with Crippen molar-refractivity contribution in [2.45, 2.75) is 0 Å². The van der Waals surface area contributed by atoms with E-state index in [1.54, 1.807) is 0 Å². The fourth-order valence-electron chi connectivity index (χ4n) is 2.07. The molecule has 0 aliphatic heterocycles. The highest BCUT2D eigenvalue weighted by molar-refractivity contribution is 7.92. The van der Waals surface area contributed by atoms with Crippen LogP contribution in [-0.2, 0) is 10.0 Å². The van der Waals surface area contributed by atoms with Crippen molar-refractivity contribution in [3.63, 3.8) is 0 Å². The lowest BCUT2D eigenvalue weighted by Crippen LogP contribution is -2.25. The number of nitrogens with one attached hydrogen (secondary N) is 1. The predicted molar refractivity (Wildman–Crippen MR) is 106 cm³/mol. The number of rotatable bonds is 5. The summed E-state index contributed by atoms with van der Waals surface area (Å²) in [5.41, 5.74) is 0.691. The number of nitrogens with zero attached hydrogens (tertiary/aromatic N) is 1. The first-order valence-corrected chi connectivity index (χ1v) is 10.1. The van der Waals surface area contributed by atoms with Gasteiger partial charge in [-0.2, -0.15) is 0 Å². The second-order valence-corrected chi connectivity index (χ2v) is 8.55. The number of carbonyl (C=O) groups excluding carboxylic acids is 1. The predicted octanol–water partition coefficient (Wildman–Crippen LogP) is 4.30. The molecule has 10 heteroatoms. The maximum absolute atomic E-state index is 12.7. The van der Waals surface area contributed by atoms with Gasteiger partial charge >= 0.3 is 0 Å². The number of amides is 1. The maximum atomic E-state index is 12.7. The van der Waals surface area contributed by atoms with Gasteiger partial charge in [0.15, 0.2) is 0 Å². The van der Waals surface area contributed by atoms with Gasteiger partial charge in [0.2, 0.25) is 10.0 Å². The molecular formula is C16H15Cl3N2O4S. The third-order valence-corrected chi connectivity index (χ3v) is 5.79. The smallest absolute Gasteiger partial charge is 0.259 e. The molecule has 0 aromatic heterocycles. The summed E-state index contributed by atoms with van der Waals surface area (Å²) in [5, 5.41) is 3.30. The van der Waals surface area contributed by atoms with E-state index < -0.39 is 15.9 Å². The van der Waals surface area contributed by atoms with Crippen molar-refractivity contribution in [2.24, 2.45) is 0 Å². The van der Waals surface area contributed by atoms with E-state index in [4.69, 9.17) is 39.5 Å². The molecule has 2 aromatic rings. The molecule has 0 saturated heterocycles. The summed E-state index contributed by atoms with van der Waals surface area (Å²) in [6, 6.07) is 7.26. The van der Waals surface area contributed by atoms with Crippen molar-refractivity contribution in [3.05, 3.63) is 51.0 Å². The molecule has 140 valence electrons. The molecule has 1 N–H and O–H groups in total. The number of methoxy groups -OCH3 is 1. The minimum absolute atomic E-state index is 0.127. The van der Waals surface area contributed by atoms with E-state index >= 15 is 0 Å². The lowest BCUT2D eigenvalue weighted by molar-refractivity contribution is 0.102. The molecule has 2 aromatic carbocycles. The number of anilines is 2. The third kappa shape index (κ3) is 4.54. The zero-order valence-corrected chi connectivity index (χ0v) is 17.1. The molecule has 26 heavy (non-hydrogen) atoms. The van der Waals surface area contributed by atoms with Crippen molar-refractivity contribution in [1.29, 1.82) is 0 Å². The standard InChI is InChI=1S/C16H15Cl3N2O4S/c1-21(26(3,23)24)9-4-5-15(25-2)10(6-9)16(22)20-14-8-12(18)11(17)7-13(14)19/h4-8H,1-3H3,(H,20,22). The van der Waals surface area contributed by atoms with Gasteiger partial charge < -0.3 is 10.1 Å². The highest BCUT2D eigenvalue weighted by Gasteiger charge is 2.19. The van der Waals surface area contributed by atoms with Crippen molar-refractivity contribution in [3.8, 4) is 5.75 Å². The summed E-state index contributed by atoms with van der Waals surface area (Å²) in [6.45, 7) is 0. The van der Waals surface area contributed by atoms with Crippen molar-refractivity contribution in [2.75, 3.05) is 30.0 Å². The van der Waals surface area contributed by atoms with E-state index in [2.05, 4.69) is 5.32 Å². The van der Waals surface area contributed by atoms with Gasteiger partial charge in [-0.3, -0.25) is 9.10 Å². The topological polar surface area (TPSA) is 75.7 Å². The molecule has 0 fully saturated rings. The molecule has 0 spiro atoms. The van der Waals surface area contributed by atoms with Crippen LogP contribution in [0.5, 0.6) is 5.75 Å². The minimum atomic E-state index is -3.49. The molecule has 0 unspecified atom stereocenters. The van der Waals surface area contributed by atoms with Crippen LogP contribution in [0.4, 0.5) is 11.4 Å². The minimum Gasteiger partial charge on any atom is -0.496 e. The SMILES string of the molecule is COc1ccc(N(C)S(C)(=O)=O)cc1C(=O)Nc1cc(Cl)c(Cl)cc1Cl. The zero-order chi connectivity index (χ0) is 19.6. The highest BCUT2D eigenvalue weighted by Crippen LogP contribution is 2.33. The summed E-state index contributed by atoms with van der Waals surface area (Å²) < 4.78 is 29.7. The fourth-order valence-corrected chi connectivity index (χ4v) is 3.16. The van der Waals surface area contributed by atoms with Crippen molar-refractivity contribution in [1.82, 2.24) is 0 Å². The number of hydrogen-bond donors (Lipinski definition) is 1. The van der Waals surface area contributed by atoms with Gasteiger partial charge in [-0.05, 0) is 30.3 Å². The van der Waals surface area contributed by atoms with E-state index in [1.165, 1.54) is 44.5 Å². The largest absolute Gasteiger partial charge is 0.496 e. The molecule has 0 atom stereocenters. The van der Waals surface area contributed by atoms with Crippen LogP contribution >= 0.6 is 34.8 Å². The van der Waals surface area contributed by atoms with E-state index in [9.17, 15) is 13.2 Å². The number of benzene rings is 2. The zero-order valence-electron chi connectivity index (χ0n) is 14.0. The Morgan fingerprint density at radius 3 is 2.27 bits per heavy atom. The number of hydrogen-bond acceptors (Lipinski definition) is 4. The summed E-state index contributed by atoms with van der Waals surface area (Å²) in [7, 11) is -0.702. The first-order valence-electron chi connectivity index (χ1n) is 7.12. The Morgan fingerprint density at radius 1 is 1.08 bits per heavy atom. The Bertz CT molecular complexity index is 964. The van der Waals surface area contributed by atoms with E-state index in [1.807, 2.05) is 0 Å². The van der Waals surface area contributed by atoms with Gasteiger partial charge in [-0.15, -0.1) is 0 Å². The quantitative estimate of drug-likeness (QED) is 0.708. The van der Waals surface area contributed by atoms with Gasteiger partial charge in [-0.25, -0.2) is 8.42 Å². The highest BCUT2D eigenvalue weighted by atomic mass is 35.5. The molecule has 0 bridgehead atoms. The Morgan fingerprint density at radius 2 is 1.69 bits per heavy atom. The van der Waals surface area contributed by atoms with Crippen LogP contribution in [0.1, 0.15) is 10.4 Å². The van der Waals surface area contributed by atoms with Crippen LogP contribution in [-0.4, -0.2) is 34.7 Å². The number of sulfonamides is 1. The monoisotopic (exact) mass is 436 g/mol. The lowest BCUT2D eigenvalue weighted by Gasteiger charge is -2.19. The number of carbonyl (C=O) groups is 1. The van der Waals surface area contributed by atoms with Crippen LogP contribution in [0.3, 0.4) is 0 Å². The summed E-state index contributed by atoms with van der Waals surface area (Å²) in [4.78, 5) is 12.7. The van der Waals surface area contributed by atoms with Gasteiger partial charge in [0.05, 0.1) is 45.4 Å². The van der Waals surface area contributed by atoms with Crippen molar-refractivity contribution < 1.29 is 17.9 Å². The lowest BCUT2D eigenvalue weighted by atomic mass is 10.1. The Kier molecular flexibility index (Phi) is 6.29. The van der Waals surface area contributed by atoms with Gasteiger partial charge in [0, 0.05) is 7.05 Å². The average molecular weight is 438 g/mol. The van der Waals surface area contributed by atoms with Crippen LogP contribution < -0.4 is 14.4 Å². The maximum Gasteiger partial charge on any atom is 0.259 e. The summed E-state index contributed by atoms with van der Waals surface area (Å²) >= 11 is 17.9. The summed E-state index contributed by atoms with van der Waals surface area (Å²) in [5.74, 6) is -0.282. The summed E-state index contributed by atoms with van der Waals surface area (Å²) in [6.07, 6.45) is 1.06. The third-order valence-electron chi connectivity index (χ3n) is 3.55. The van der Waals surface area contributed by atoms with E-state index in [0.717, 1.165) is 10.6 Å². The van der Waals surface area contributed by atoms with Crippen LogP contribution in [0.2, 0.25) is 15.1 Å². The molecule has 0 radical (unpaired) electrons. The number of halogens is 3. The molecule has 6 nitrogen and oxygen atoms in total. The van der Waals surface area contributed by atoms with Crippen LogP contribution in [0.15, 0.2) is 30.3 Å². The Balaban J connectivity index is 2.43. The molecule has 0 aliphatic rings. The fraction of sp³-hybridized carbons (Fsp3) is 0.188. The van der Waals surface area contributed by atoms with Crippen LogP contribution in [0, 0.1) is 0 Å². The second kappa shape index (κ2) is 7.92. The molecule has 0 saturated carbocycles. The van der Waals surface area contributed by atoms with Gasteiger partial charge in [-0.1, -0.05) is 34.8 Å². The second-order valence-electron chi connectivity index (χ2n) is 5.32.